The summed E-state index contributed by atoms with van der Waals surface area (Å²) < 4.78 is 4.80. The third-order valence-electron chi connectivity index (χ3n) is 2.02. The molecule has 0 amide bonds. The van der Waals surface area contributed by atoms with Gasteiger partial charge < -0.3 is 9.63 Å². The maximum Gasteiger partial charge on any atom is 0.120 e. The van der Waals surface area contributed by atoms with Crippen molar-refractivity contribution in [3.63, 3.8) is 0 Å². The van der Waals surface area contributed by atoms with Crippen molar-refractivity contribution in [2.45, 2.75) is 6.61 Å². The van der Waals surface area contributed by atoms with Crippen LogP contribution in [0.25, 0.3) is 11.3 Å². The molecule has 0 unspecified atom stereocenters. The summed E-state index contributed by atoms with van der Waals surface area (Å²) in [4.78, 5) is 0. The molecule has 0 aliphatic carbocycles. The van der Waals surface area contributed by atoms with E-state index in [1.165, 1.54) is 0 Å². The van der Waals surface area contributed by atoms with Gasteiger partial charge in [-0.15, -0.1) is 0 Å². The average Bonchev–Trinajstić information content (AvgIpc) is 2.77. The van der Waals surface area contributed by atoms with Crippen LogP contribution < -0.4 is 5.11 Å². The molecule has 15 heavy (non-hydrogen) atoms. The van der Waals surface area contributed by atoms with Crippen LogP contribution in [0.3, 0.4) is 0 Å². The number of nitrogens with zero attached hydrogens (tertiary/aromatic N) is 2. The summed E-state index contributed by atoms with van der Waals surface area (Å²) in [7, 11) is 0. The van der Waals surface area contributed by atoms with Crippen LogP contribution in [0.5, 0.6) is 0 Å². The number of nitriles is 1. The lowest BCUT2D eigenvalue weighted by atomic mass is 10.1. The molecule has 74 valence electrons. The van der Waals surface area contributed by atoms with Gasteiger partial charge in [0.15, 0.2) is 0 Å². The second kappa shape index (κ2) is 3.95. The van der Waals surface area contributed by atoms with Gasteiger partial charge in [0.25, 0.3) is 0 Å². The van der Waals surface area contributed by atoms with Crippen molar-refractivity contribution in [3.05, 3.63) is 41.7 Å². The fourth-order valence-corrected chi connectivity index (χ4v) is 1.31. The lowest BCUT2D eigenvalue weighted by Crippen LogP contribution is -2.00. The van der Waals surface area contributed by atoms with Gasteiger partial charge in [-0.05, 0) is 6.07 Å². The first-order chi connectivity index (χ1) is 7.35. The highest BCUT2D eigenvalue weighted by Crippen LogP contribution is 2.22. The fourth-order valence-electron chi connectivity index (χ4n) is 1.31. The zero-order valence-corrected chi connectivity index (χ0v) is 7.80. The molecule has 0 fully saturated rings. The SMILES string of the molecule is N#Cc1ccccc1-c1cc(C[O-])on1. The van der Waals surface area contributed by atoms with E-state index in [9.17, 15) is 5.11 Å². The van der Waals surface area contributed by atoms with Crippen LogP contribution in [0.15, 0.2) is 34.9 Å². The van der Waals surface area contributed by atoms with Crippen LogP contribution in [0, 0.1) is 11.3 Å². The summed E-state index contributed by atoms with van der Waals surface area (Å²) in [5.41, 5.74) is 1.73. The number of benzene rings is 1. The summed E-state index contributed by atoms with van der Waals surface area (Å²) in [6.45, 7) is -0.443. The molecule has 2 rings (SSSR count). The molecule has 0 radical (unpaired) electrons. The Kier molecular flexibility index (Phi) is 2.48. The van der Waals surface area contributed by atoms with Gasteiger partial charge in [0.1, 0.15) is 11.5 Å². The maximum absolute atomic E-state index is 10.5. The van der Waals surface area contributed by atoms with Crippen LogP contribution in [0.1, 0.15) is 11.3 Å². The highest BCUT2D eigenvalue weighted by atomic mass is 16.5. The molecule has 4 nitrogen and oxygen atoms in total. The average molecular weight is 199 g/mol. The molecular formula is C11H7N2O2-. The normalized spacial score (nSPS) is 9.87. The van der Waals surface area contributed by atoms with Crippen molar-refractivity contribution >= 4 is 0 Å². The Hall–Kier alpha value is -2.12. The Balaban J connectivity index is 2.49. The van der Waals surface area contributed by atoms with E-state index in [0.29, 0.717) is 16.8 Å². The summed E-state index contributed by atoms with van der Waals surface area (Å²) in [6.07, 6.45) is 0. The minimum Gasteiger partial charge on any atom is -0.849 e. The van der Waals surface area contributed by atoms with Crippen LogP contribution in [0.2, 0.25) is 0 Å². The van der Waals surface area contributed by atoms with E-state index in [4.69, 9.17) is 9.78 Å². The van der Waals surface area contributed by atoms with E-state index in [2.05, 4.69) is 11.2 Å². The molecule has 0 saturated carbocycles. The van der Waals surface area contributed by atoms with E-state index in [1.54, 1.807) is 24.3 Å². The van der Waals surface area contributed by atoms with Gasteiger partial charge in [-0.25, -0.2) is 0 Å². The van der Waals surface area contributed by atoms with Crippen molar-refractivity contribution in [2.24, 2.45) is 0 Å². The lowest BCUT2D eigenvalue weighted by Gasteiger charge is -1.97. The molecule has 2 aromatic rings. The number of aromatic nitrogens is 1. The quantitative estimate of drug-likeness (QED) is 0.725. The Morgan fingerprint density at radius 1 is 1.40 bits per heavy atom. The van der Waals surface area contributed by atoms with Crippen molar-refractivity contribution in [1.29, 1.82) is 5.26 Å². The van der Waals surface area contributed by atoms with E-state index < -0.39 is 6.61 Å². The topological polar surface area (TPSA) is 72.9 Å². The monoisotopic (exact) mass is 199 g/mol. The standard InChI is InChI=1S/C11H7N2O2/c12-6-8-3-1-2-4-10(8)11-5-9(7-14)15-13-11/h1-5H,7H2/q-1. The Labute approximate surface area is 86.4 Å². The van der Waals surface area contributed by atoms with Gasteiger partial charge in [-0.2, -0.15) is 5.26 Å². The zero-order valence-electron chi connectivity index (χ0n) is 7.80. The Morgan fingerprint density at radius 3 is 2.87 bits per heavy atom. The first kappa shape index (κ1) is 9.44. The van der Waals surface area contributed by atoms with E-state index in [-0.39, 0.29) is 5.76 Å². The minimum absolute atomic E-state index is 0.276. The molecule has 0 atom stereocenters. The second-order valence-electron chi connectivity index (χ2n) is 2.98. The molecule has 1 aromatic carbocycles. The zero-order chi connectivity index (χ0) is 10.7. The molecule has 0 spiro atoms. The summed E-state index contributed by atoms with van der Waals surface area (Å²) in [5, 5.41) is 23.1. The van der Waals surface area contributed by atoms with Crippen LogP contribution in [-0.2, 0) is 6.61 Å². The van der Waals surface area contributed by atoms with Crippen LogP contribution in [-0.4, -0.2) is 5.16 Å². The van der Waals surface area contributed by atoms with Crippen LogP contribution >= 0.6 is 0 Å². The maximum atomic E-state index is 10.5. The second-order valence-corrected chi connectivity index (χ2v) is 2.98. The highest BCUT2D eigenvalue weighted by molar-refractivity contribution is 5.66. The highest BCUT2D eigenvalue weighted by Gasteiger charge is 2.07. The molecule has 0 N–H and O–H groups in total. The molecule has 4 heteroatoms. The summed E-state index contributed by atoms with van der Waals surface area (Å²) in [5.74, 6) is 0.276. The Morgan fingerprint density at radius 2 is 2.20 bits per heavy atom. The smallest absolute Gasteiger partial charge is 0.120 e. The summed E-state index contributed by atoms with van der Waals surface area (Å²) in [6, 6.07) is 10.7. The molecule has 0 saturated heterocycles. The van der Waals surface area contributed by atoms with E-state index >= 15 is 0 Å². The molecule has 1 heterocycles. The van der Waals surface area contributed by atoms with Gasteiger partial charge in [-0.3, -0.25) is 0 Å². The van der Waals surface area contributed by atoms with Crippen molar-refractivity contribution in [1.82, 2.24) is 5.16 Å². The predicted molar refractivity (Wildman–Crippen MR) is 50.4 cm³/mol. The molecule has 0 aliphatic rings. The molecule has 0 bridgehead atoms. The van der Waals surface area contributed by atoms with Gasteiger partial charge >= 0.3 is 0 Å². The number of hydrogen-bond acceptors (Lipinski definition) is 4. The lowest BCUT2D eigenvalue weighted by molar-refractivity contribution is -0.390. The molecule has 0 aliphatic heterocycles. The number of hydrogen-bond donors (Lipinski definition) is 0. The van der Waals surface area contributed by atoms with Crippen molar-refractivity contribution in [2.75, 3.05) is 0 Å². The first-order valence-corrected chi connectivity index (χ1v) is 4.38. The fraction of sp³-hybridized carbons (Fsp3) is 0.0909. The Bertz CT molecular complexity index is 511. The van der Waals surface area contributed by atoms with Gasteiger partial charge in [0, 0.05) is 11.6 Å². The largest absolute Gasteiger partial charge is 0.849 e. The van der Waals surface area contributed by atoms with Crippen molar-refractivity contribution < 1.29 is 9.63 Å². The third-order valence-corrected chi connectivity index (χ3v) is 2.02. The minimum atomic E-state index is -0.443. The van der Waals surface area contributed by atoms with E-state index in [1.807, 2.05) is 6.07 Å². The van der Waals surface area contributed by atoms with E-state index in [0.717, 1.165) is 0 Å². The van der Waals surface area contributed by atoms with Gasteiger partial charge in [-0.1, -0.05) is 30.0 Å². The predicted octanol–water partition coefficient (Wildman–Crippen LogP) is 1.07. The molecular weight excluding hydrogens is 192 g/mol. The van der Waals surface area contributed by atoms with Crippen molar-refractivity contribution in [3.8, 4) is 17.3 Å². The van der Waals surface area contributed by atoms with Crippen LogP contribution in [0.4, 0.5) is 0 Å². The van der Waals surface area contributed by atoms with Gasteiger partial charge in [0.2, 0.25) is 0 Å². The van der Waals surface area contributed by atoms with Gasteiger partial charge in [0.05, 0.1) is 11.6 Å². The number of rotatable bonds is 2. The summed E-state index contributed by atoms with van der Waals surface area (Å²) >= 11 is 0. The first-order valence-electron chi connectivity index (χ1n) is 4.38. The third kappa shape index (κ3) is 1.73. The molecule has 1 aromatic heterocycles.